The third-order valence-corrected chi connectivity index (χ3v) is 5.68. The van der Waals surface area contributed by atoms with Gasteiger partial charge < -0.3 is 21.1 Å². The maximum Gasteiger partial charge on any atom is 0.288 e. The van der Waals surface area contributed by atoms with E-state index >= 15 is 0 Å². The van der Waals surface area contributed by atoms with Crippen LogP contribution in [0.15, 0.2) is 0 Å². The first kappa shape index (κ1) is 27.8. The molecule has 0 aliphatic carbocycles. The van der Waals surface area contributed by atoms with Crippen LogP contribution in [-0.4, -0.2) is 51.9 Å². The molecule has 5 heteroatoms. The molecule has 5 N–H and O–H groups in total. The fraction of sp³-hybridized carbons (Fsp3) is 1.00. The minimum atomic E-state index is -2.64. The summed E-state index contributed by atoms with van der Waals surface area (Å²) in [6.07, 6.45) is 21.4. The summed E-state index contributed by atoms with van der Waals surface area (Å²) in [4.78, 5) is 1.85. The normalized spacial score (nSPS) is 13.4. The van der Waals surface area contributed by atoms with Gasteiger partial charge in [-0.05, 0) is 19.9 Å². The molecule has 0 aromatic carbocycles. The molecular formula is C23H50N2O3. The topological polar surface area (TPSA) is 90.0 Å². The first-order chi connectivity index (χ1) is 13.4. The van der Waals surface area contributed by atoms with Crippen molar-refractivity contribution in [2.75, 3.05) is 19.6 Å². The Balaban J connectivity index is 3.42. The van der Waals surface area contributed by atoms with Gasteiger partial charge in [0.25, 0.3) is 5.97 Å². The van der Waals surface area contributed by atoms with Gasteiger partial charge in [-0.15, -0.1) is 0 Å². The molecular weight excluding hydrogens is 352 g/mol. The zero-order valence-corrected chi connectivity index (χ0v) is 18.9. The summed E-state index contributed by atoms with van der Waals surface area (Å²) >= 11 is 0. The molecule has 0 amide bonds. The Labute approximate surface area is 174 Å². The summed E-state index contributed by atoms with van der Waals surface area (Å²) in [6, 6.07) is 0.0298. The second-order valence-electron chi connectivity index (χ2n) is 8.63. The molecule has 0 rings (SSSR count). The van der Waals surface area contributed by atoms with Crippen LogP contribution in [0.25, 0.3) is 0 Å². The number of hydrogen-bond donors (Lipinski definition) is 4. The average Bonchev–Trinajstić information content (AvgIpc) is 2.65. The van der Waals surface area contributed by atoms with Crippen molar-refractivity contribution >= 4 is 0 Å². The van der Waals surface area contributed by atoms with Crippen molar-refractivity contribution < 1.29 is 15.3 Å². The van der Waals surface area contributed by atoms with Crippen molar-refractivity contribution in [2.45, 2.75) is 129 Å². The van der Waals surface area contributed by atoms with Crippen molar-refractivity contribution in [1.29, 1.82) is 0 Å². The molecule has 0 aliphatic rings. The minimum absolute atomic E-state index is 0.0298. The lowest BCUT2D eigenvalue weighted by Gasteiger charge is -2.31. The van der Waals surface area contributed by atoms with Gasteiger partial charge in [0.05, 0.1) is 6.54 Å². The van der Waals surface area contributed by atoms with Crippen molar-refractivity contribution in [3.05, 3.63) is 0 Å². The van der Waals surface area contributed by atoms with Crippen LogP contribution in [0.3, 0.4) is 0 Å². The predicted molar refractivity (Wildman–Crippen MR) is 119 cm³/mol. The summed E-state index contributed by atoms with van der Waals surface area (Å²) in [5.74, 6) is -2.64. The smallest absolute Gasteiger partial charge is 0.288 e. The van der Waals surface area contributed by atoms with Gasteiger partial charge in [0.1, 0.15) is 0 Å². The van der Waals surface area contributed by atoms with Crippen LogP contribution in [-0.2, 0) is 0 Å². The Morgan fingerprint density at radius 3 is 1.36 bits per heavy atom. The Morgan fingerprint density at radius 1 is 0.679 bits per heavy atom. The number of unbranched alkanes of at least 4 members (excludes halogenated alkanes) is 15. The molecule has 170 valence electrons. The monoisotopic (exact) mass is 402 g/mol. The van der Waals surface area contributed by atoms with Gasteiger partial charge in [0, 0.05) is 12.6 Å². The van der Waals surface area contributed by atoms with E-state index in [-0.39, 0.29) is 12.6 Å². The number of aliphatic hydroxyl groups is 3. The van der Waals surface area contributed by atoms with Gasteiger partial charge in [0.15, 0.2) is 0 Å². The Kier molecular flexibility index (Phi) is 18.7. The first-order valence-corrected chi connectivity index (χ1v) is 12.0. The maximum absolute atomic E-state index is 9.20. The molecule has 0 radical (unpaired) electrons. The van der Waals surface area contributed by atoms with Crippen molar-refractivity contribution in [1.82, 2.24) is 4.90 Å². The lowest BCUT2D eigenvalue weighted by atomic mass is 10.0. The van der Waals surface area contributed by atoms with Gasteiger partial charge in [-0.2, -0.15) is 0 Å². The minimum Gasteiger partial charge on any atom is -0.343 e. The van der Waals surface area contributed by atoms with Crippen molar-refractivity contribution in [2.24, 2.45) is 5.73 Å². The largest absolute Gasteiger partial charge is 0.343 e. The van der Waals surface area contributed by atoms with E-state index in [0.29, 0.717) is 6.54 Å². The van der Waals surface area contributed by atoms with E-state index in [2.05, 4.69) is 6.92 Å². The van der Waals surface area contributed by atoms with Crippen LogP contribution in [0.1, 0.15) is 117 Å². The van der Waals surface area contributed by atoms with Crippen LogP contribution in [0.2, 0.25) is 0 Å². The van der Waals surface area contributed by atoms with Crippen LogP contribution in [0.4, 0.5) is 0 Å². The molecule has 0 saturated heterocycles. The Bertz CT molecular complexity index is 321. The van der Waals surface area contributed by atoms with Crippen LogP contribution >= 0.6 is 0 Å². The third kappa shape index (κ3) is 19.1. The summed E-state index contributed by atoms with van der Waals surface area (Å²) in [5, 5.41) is 27.6. The molecule has 0 aliphatic heterocycles. The summed E-state index contributed by atoms with van der Waals surface area (Å²) in [7, 11) is 0. The van der Waals surface area contributed by atoms with E-state index in [1.807, 2.05) is 11.8 Å². The SMILES string of the molecule is CCCCCCCCCCCCCCCCCCN(CC(O)(O)O)C(C)CN. The molecule has 0 spiro atoms. The zero-order valence-electron chi connectivity index (χ0n) is 18.9. The van der Waals surface area contributed by atoms with Gasteiger partial charge >= 0.3 is 0 Å². The van der Waals surface area contributed by atoms with E-state index in [9.17, 15) is 15.3 Å². The quantitative estimate of drug-likeness (QED) is 0.167. The molecule has 0 bridgehead atoms. The second kappa shape index (κ2) is 18.8. The molecule has 0 heterocycles. The molecule has 5 nitrogen and oxygen atoms in total. The highest BCUT2D eigenvalue weighted by Crippen LogP contribution is 2.14. The average molecular weight is 403 g/mol. The fourth-order valence-corrected chi connectivity index (χ4v) is 3.74. The first-order valence-electron chi connectivity index (χ1n) is 12.0. The maximum atomic E-state index is 9.20. The number of nitrogens with two attached hydrogens (primary N) is 1. The Morgan fingerprint density at radius 2 is 1.04 bits per heavy atom. The molecule has 0 fully saturated rings. The molecule has 1 atom stereocenters. The highest BCUT2D eigenvalue weighted by Gasteiger charge is 2.25. The molecule has 0 aromatic rings. The van der Waals surface area contributed by atoms with E-state index in [1.165, 1.54) is 89.9 Å². The summed E-state index contributed by atoms with van der Waals surface area (Å²) in [6.45, 7) is 5.21. The molecule has 0 saturated carbocycles. The Hall–Kier alpha value is -0.200. The van der Waals surface area contributed by atoms with E-state index in [0.717, 1.165) is 19.4 Å². The number of rotatable bonds is 21. The van der Waals surface area contributed by atoms with Gasteiger partial charge in [-0.25, -0.2) is 0 Å². The lowest BCUT2D eigenvalue weighted by Crippen LogP contribution is -2.49. The summed E-state index contributed by atoms with van der Waals surface area (Å²) in [5.41, 5.74) is 5.67. The lowest BCUT2D eigenvalue weighted by molar-refractivity contribution is -0.318. The fourth-order valence-electron chi connectivity index (χ4n) is 3.74. The van der Waals surface area contributed by atoms with Gasteiger partial charge in [0.2, 0.25) is 0 Å². The van der Waals surface area contributed by atoms with Crippen LogP contribution in [0.5, 0.6) is 0 Å². The zero-order chi connectivity index (χ0) is 21.1. The van der Waals surface area contributed by atoms with Crippen molar-refractivity contribution in [3.63, 3.8) is 0 Å². The standard InChI is InChI=1S/C23H50N2O3/c1-3-4-5-6-7-8-9-10-11-12-13-14-15-16-17-18-19-25(22(2)20-24)21-23(26,27)28/h22,26-28H,3-21,24H2,1-2H3. The third-order valence-electron chi connectivity index (χ3n) is 5.68. The number of nitrogens with zero attached hydrogens (tertiary/aromatic N) is 1. The highest BCUT2D eigenvalue weighted by atomic mass is 16.7. The van der Waals surface area contributed by atoms with E-state index < -0.39 is 5.97 Å². The van der Waals surface area contributed by atoms with E-state index in [1.54, 1.807) is 0 Å². The van der Waals surface area contributed by atoms with E-state index in [4.69, 9.17) is 5.73 Å². The molecule has 28 heavy (non-hydrogen) atoms. The molecule has 1 unspecified atom stereocenters. The molecule has 0 aromatic heterocycles. The van der Waals surface area contributed by atoms with Crippen LogP contribution < -0.4 is 5.73 Å². The second-order valence-corrected chi connectivity index (χ2v) is 8.63. The van der Waals surface area contributed by atoms with Gasteiger partial charge in [-0.3, -0.25) is 4.90 Å². The van der Waals surface area contributed by atoms with Crippen molar-refractivity contribution in [3.8, 4) is 0 Å². The summed E-state index contributed by atoms with van der Waals surface area (Å²) < 4.78 is 0. The number of hydrogen-bond acceptors (Lipinski definition) is 5. The highest BCUT2D eigenvalue weighted by molar-refractivity contribution is 4.70. The van der Waals surface area contributed by atoms with Gasteiger partial charge in [-0.1, -0.05) is 103 Å². The van der Waals surface area contributed by atoms with Crippen LogP contribution in [0, 0.1) is 0 Å². The predicted octanol–water partition coefficient (Wildman–Crippen LogP) is 4.53.